The monoisotopic (exact) mass is 414 g/mol. The zero-order valence-electron chi connectivity index (χ0n) is 16.7. The van der Waals surface area contributed by atoms with Gasteiger partial charge in [-0.15, -0.1) is 11.3 Å². The smallest absolute Gasteiger partial charge is 0.265 e. The van der Waals surface area contributed by atoms with E-state index >= 15 is 0 Å². The third-order valence-corrected chi connectivity index (χ3v) is 7.20. The van der Waals surface area contributed by atoms with Gasteiger partial charge in [0, 0.05) is 56.4 Å². The molecule has 5 heterocycles. The molecule has 0 aromatic carbocycles. The minimum atomic E-state index is 0.0741. The fourth-order valence-corrected chi connectivity index (χ4v) is 5.64. The lowest BCUT2D eigenvalue weighted by atomic mass is 9.83. The number of morpholine rings is 1. The third kappa shape index (κ3) is 3.65. The first kappa shape index (κ1) is 19.0. The van der Waals surface area contributed by atoms with Gasteiger partial charge in [0.05, 0.1) is 24.4 Å². The molecule has 2 saturated heterocycles. The van der Waals surface area contributed by atoms with Crippen LogP contribution in [0.4, 0.5) is 0 Å². The normalized spacial score (nSPS) is 24.4. The van der Waals surface area contributed by atoms with Crippen molar-refractivity contribution in [2.45, 2.75) is 32.4 Å². The van der Waals surface area contributed by atoms with Crippen LogP contribution in [0.1, 0.15) is 38.3 Å². The Morgan fingerprint density at radius 1 is 1.24 bits per heavy atom. The van der Waals surface area contributed by atoms with Gasteiger partial charge in [0.1, 0.15) is 4.88 Å². The molecule has 3 aliphatic heterocycles. The summed E-state index contributed by atoms with van der Waals surface area (Å²) in [5, 5.41) is 0.912. The Morgan fingerprint density at radius 2 is 2.07 bits per heavy atom. The van der Waals surface area contributed by atoms with Crippen LogP contribution in [0, 0.1) is 12.8 Å². The summed E-state index contributed by atoms with van der Waals surface area (Å²) < 4.78 is 7.39. The van der Waals surface area contributed by atoms with Crippen molar-refractivity contribution in [1.82, 2.24) is 19.4 Å². The predicted octanol–water partition coefficient (Wildman–Crippen LogP) is 1.70. The number of nitrogens with zero attached hydrogens (tertiary/aromatic N) is 4. The van der Waals surface area contributed by atoms with Crippen LogP contribution in [0.15, 0.2) is 23.1 Å². The lowest BCUT2D eigenvalue weighted by Gasteiger charge is -2.42. The molecule has 0 spiro atoms. The molecule has 0 saturated carbocycles. The second-order valence-corrected chi connectivity index (χ2v) is 9.57. The van der Waals surface area contributed by atoms with E-state index in [0.717, 1.165) is 49.0 Å². The SMILES string of the molecule is Cc1ncc(C(=O)N2C[C@@H]3C[C@H](C2)c2ccc(CN4CCOCC4)c(=O)n2C3)s1. The van der Waals surface area contributed by atoms with Crippen LogP contribution in [0.5, 0.6) is 0 Å². The highest BCUT2D eigenvalue weighted by molar-refractivity contribution is 7.13. The van der Waals surface area contributed by atoms with E-state index in [0.29, 0.717) is 37.0 Å². The molecule has 2 aromatic heterocycles. The average Bonchev–Trinajstić information content (AvgIpc) is 3.17. The molecule has 2 aromatic rings. The maximum Gasteiger partial charge on any atom is 0.265 e. The molecule has 8 heteroatoms. The number of rotatable bonds is 3. The van der Waals surface area contributed by atoms with Gasteiger partial charge in [0.15, 0.2) is 0 Å². The first-order valence-electron chi connectivity index (χ1n) is 10.3. The number of ether oxygens (including phenoxy) is 1. The topological polar surface area (TPSA) is 67.7 Å². The number of likely N-dealkylation sites (tertiary alicyclic amines) is 1. The molecule has 2 fully saturated rings. The third-order valence-electron chi connectivity index (χ3n) is 6.30. The van der Waals surface area contributed by atoms with Crippen LogP contribution in [0.3, 0.4) is 0 Å². The number of carbonyl (C=O) groups excluding carboxylic acids is 1. The summed E-state index contributed by atoms with van der Waals surface area (Å²) in [4.78, 5) is 35.3. The molecule has 0 N–H and O–H groups in total. The summed E-state index contributed by atoms with van der Waals surface area (Å²) in [6, 6.07) is 4.11. The minimum Gasteiger partial charge on any atom is -0.379 e. The molecule has 1 amide bonds. The highest BCUT2D eigenvalue weighted by atomic mass is 32.1. The number of carbonyl (C=O) groups is 1. The molecule has 0 unspecified atom stereocenters. The number of aryl methyl sites for hydroxylation is 1. The quantitative estimate of drug-likeness (QED) is 0.765. The van der Waals surface area contributed by atoms with Crippen molar-refractivity contribution in [2.24, 2.45) is 5.92 Å². The highest BCUT2D eigenvalue weighted by Gasteiger charge is 2.37. The van der Waals surface area contributed by atoms with Crippen LogP contribution in [-0.2, 0) is 17.8 Å². The molecule has 154 valence electrons. The van der Waals surface area contributed by atoms with Crippen LogP contribution >= 0.6 is 11.3 Å². The van der Waals surface area contributed by atoms with E-state index in [9.17, 15) is 9.59 Å². The summed E-state index contributed by atoms with van der Waals surface area (Å²) in [7, 11) is 0. The maximum absolute atomic E-state index is 13.2. The Morgan fingerprint density at radius 3 is 2.83 bits per heavy atom. The molecular formula is C21H26N4O3S. The summed E-state index contributed by atoms with van der Waals surface area (Å²) >= 11 is 1.45. The summed E-state index contributed by atoms with van der Waals surface area (Å²) in [6.45, 7) is 7.92. The van der Waals surface area contributed by atoms with Crippen LogP contribution in [0.2, 0.25) is 0 Å². The summed E-state index contributed by atoms with van der Waals surface area (Å²) in [5.74, 6) is 0.631. The van der Waals surface area contributed by atoms with E-state index in [1.54, 1.807) is 6.20 Å². The number of aromatic nitrogens is 2. The van der Waals surface area contributed by atoms with E-state index in [-0.39, 0.29) is 17.4 Å². The number of fused-ring (bicyclic) bond motifs is 4. The number of hydrogen-bond acceptors (Lipinski definition) is 6. The standard InChI is InChI=1S/C21H26N4O3S/c1-14-22-9-19(29-14)21(27)24-10-15-8-17(13-24)18-3-2-16(20(26)25(18)11-15)12-23-4-6-28-7-5-23/h2-3,9,15,17H,4-8,10-13H2,1H3/t15-,17+/m0/s1. The Labute approximate surface area is 173 Å². The van der Waals surface area contributed by atoms with Crippen molar-refractivity contribution in [2.75, 3.05) is 39.4 Å². The number of pyridine rings is 1. The molecule has 0 aliphatic carbocycles. The number of amides is 1. The Balaban J connectivity index is 1.37. The Kier molecular flexibility index (Phi) is 5.01. The van der Waals surface area contributed by atoms with Crippen LogP contribution in [-0.4, -0.2) is 64.7 Å². The van der Waals surface area contributed by atoms with E-state index in [1.165, 1.54) is 11.3 Å². The Bertz CT molecular complexity index is 979. The van der Waals surface area contributed by atoms with Gasteiger partial charge < -0.3 is 14.2 Å². The van der Waals surface area contributed by atoms with Crippen molar-refractivity contribution in [3.8, 4) is 0 Å². The van der Waals surface area contributed by atoms with Gasteiger partial charge in [-0.3, -0.25) is 14.5 Å². The lowest BCUT2D eigenvalue weighted by molar-refractivity contribution is 0.0338. The van der Waals surface area contributed by atoms with Gasteiger partial charge in [0.25, 0.3) is 11.5 Å². The summed E-state index contributed by atoms with van der Waals surface area (Å²) in [6.07, 6.45) is 2.73. The van der Waals surface area contributed by atoms with Crippen molar-refractivity contribution in [3.63, 3.8) is 0 Å². The van der Waals surface area contributed by atoms with Gasteiger partial charge in [-0.2, -0.15) is 0 Å². The van der Waals surface area contributed by atoms with Gasteiger partial charge >= 0.3 is 0 Å². The van der Waals surface area contributed by atoms with E-state index in [2.05, 4.69) is 16.0 Å². The van der Waals surface area contributed by atoms with Gasteiger partial charge in [-0.1, -0.05) is 6.07 Å². The lowest BCUT2D eigenvalue weighted by Crippen LogP contribution is -2.49. The van der Waals surface area contributed by atoms with Crippen LogP contribution in [0.25, 0.3) is 0 Å². The van der Waals surface area contributed by atoms with Crippen LogP contribution < -0.4 is 5.56 Å². The number of hydrogen-bond donors (Lipinski definition) is 0. The average molecular weight is 415 g/mol. The molecule has 0 radical (unpaired) electrons. The van der Waals surface area contributed by atoms with Gasteiger partial charge in [0.2, 0.25) is 0 Å². The fourth-order valence-electron chi connectivity index (χ4n) is 4.89. The minimum absolute atomic E-state index is 0.0741. The first-order valence-corrected chi connectivity index (χ1v) is 11.1. The molecule has 7 nitrogen and oxygen atoms in total. The van der Waals surface area contributed by atoms with Crippen molar-refractivity contribution in [1.29, 1.82) is 0 Å². The molecule has 5 rings (SSSR count). The molecule has 2 atom stereocenters. The fraction of sp³-hybridized carbons (Fsp3) is 0.571. The molecule has 2 bridgehead atoms. The number of piperidine rings is 1. The zero-order valence-corrected chi connectivity index (χ0v) is 17.5. The number of thiazole rings is 1. The largest absolute Gasteiger partial charge is 0.379 e. The van der Waals surface area contributed by atoms with Gasteiger partial charge in [-0.05, 0) is 25.3 Å². The second-order valence-electron chi connectivity index (χ2n) is 8.34. The second kappa shape index (κ2) is 7.66. The molecular weight excluding hydrogens is 388 g/mol. The van der Waals surface area contributed by atoms with E-state index in [4.69, 9.17) is 4.74 Å². The summed E-state index contributed by atoms with van der Waals surface area (Å²) in [5.41, 5.74) is 2.08. The maximum atomic E-state index is 13.2. The first-order chi connectivity index (χ1) is 14.1. The zero-order chi connectivity index (χ0) is 20.0. The Hall–Kier alpha value is -2.03. The van der Waals surface area contributed by atoms with E-state index in [1.807, 2.05) is 22.5 Å². The van der Waals surface area contributed by atoms with Crippen molar-refractivity contribution >= 4 is 17.2 Å². The highest BCUT2D eigenvalue weighted by Crippen LogP contribution is 2.36. The van der Waals surface area contributed by atoms with Crippen molar-refractivity contribution < 1.29 is 9.53 Å². The predicted molar refractivity (Wildman–Crippen MR) is 110 cm³/mol. The molecule has 29 heavy (non-hydrogen) atoms. The van der Waals surface area contributed by atoms with E-state index < -0.39 is 0 Å². The van der Waals surface area contributed by atoms with Gasteiger partial charge in [-0.25, -0.2) is 4.98 Å². The van der Waals surface area contributed by atoms with Crippen molar-refractivity contribution in [3.05, 3.63) is 49.8 Å². The molecule has 3 aliphatic rings.